The van der Waals surface area contributed by atoms with Gasteiger partial charge in [0.05, 0.1) is 4.90 Å². The Morgan fingerprint density at radius 1 is 1.08 bits per heavy atom. The number of rotatable bonds is 4. The molecule has 0 aromatic heterocycles. The molecule has 1 heterocycles. The van der Waals surface area contributed by atoms with Crippen molar-refractivity contribution in [2.24, 2.45) is 5.92 Å². The van der Waals surface area contributed by atoms with E-state index in [4.69, 9.17) is 0 Å². The topological polar surface area (TPSA) is 66.5 Å². The minimum Gasteiger partial charge on any atom is -0.312 e. The van der Waals surface area contributed by atoms with Gasteiger partial charge in [0.15, 0.2) is 0 Å². The molecule has 0 atom stereocenters. The van der Waals surface area contributed by atoms with Crippen LogP contribution in [0.1, 0.15) is 18.4 Å². The Morgan fingerprint density at radius 2 is 1.83 bits per heavy atom. The van der Waals surface area contributed by atoms with E-state index in [0.29, 0.717) is 18.7 Å². The molecule has 0 spiro atoms. The molecule has 2 aromatic rings. The fourth-order valence-electron chi connectivity index (χ4n) is 3.05. The standard InChI is InChI=1S/C18H18N2O3S/c21-18(13-6-7-13)20-11-10-14-12-16(8-9-17(14)20)24(22,23)19-15-4-2-1-3-5-15/h1-5,8-9,12-13,19H,6-7,10-11H2. The molecule has 1 aliphatic carbocycles. The van der Waals surface area contributed by atoms with Gasteiger partial charge in [-0.3, -0.25) is 9.52 Å². The summed E-state index contributed by atoms with van der Waals surface area (Å²) >= 11 is 0. The second kappa shape index (κ2) is 5.63. The molecule has 2 aliphatic rings. The third kappa shape index (κ3) is 2.78. The number of hydrogen-bond acceptors (Lipinski definition) is 3. The van der Waals surface area contributed by atoms with Crippen LogP contribution in [0.25, 0.3) is 0 Å². The first-order valence-corrected chi connectivity index (χ1v) is 9.55. The third-order valence-corrected chi connectivity index (χ3v) is 5.85. The Hall–Kier alpha value is -2.34. The maximum Gasteiger partial charge on any atom is 0.261 e. The van der Waals surface area contributed by atoms with Crippen LogP contribution >= 0.6 is 0 Å². The van der Waals surface area contributed by atoms with Crippen molar-refractivity contribution in [1.82, 2.24) is 0 Å². The zero-order chi connectivity index (χ0) is 16.7. The average molecular weight is 342 g/mol. The van der Waals surface area contributed by atoms with E-state index in [1.54, 1.807) is 47.4 Å². The lowest BCUT2D eigenvalue weighted by atomic mass is 10.2. The summed E-state index contributed by atoms with van der Waals surface area (Å²) < 4.78 is 27.7. The minimum absolute atomic E-state index is 0.166. The number of nitrogens with one attached hydrogen (secondary N) is 1. The van der Waals surface area contributed by atoms with Gasteiger partial charge in [-0.15, -0.1) is 0 Å². The summed E-state index contributed by atoms with van der Waals surface area (Å²) in [5.41, 5.74) is 2.30. The van der Waals surface area contributed by atoms with Gasteiger partial charge in [-0.05, 0) is 55.2 Å². The monoisotopic (exact) mass is 342 g/mol. The first-order chi connectivity index (χ1) is 11.5. The van der Waals surface area contributed by atoms with Crippen molar-refractivity contribution in [1.29, 1.82) is 0 Å². The molecule has 2 aromatic carbocycles. The van der Waals surface area contributed by atoms with Crippen LogP contribution in [0.5, 0.6) is 0 Å². The summed E-state index contributed by atoms with van der Waals surface area (Å²) in [7, 11) is -3.63. The molecule has 1 amide bonds. The van der Waals surface area contributed by atoms with Crippen molar-refractivity contribution in [3.05, 3.63) is 54.1 Å². The summed E-state index contributed by atoms with van der Waals surface area (Å²) in [4.78, 5) is 14.3. The van der Waals surface area contributed by atoms with E-state index in [-0.39, 0.29) is 16.7 Å². The van der Waals surface area contributed by atoms with Crippen LogP contribution in [0.2, 0.25) is 0 Å². The quantitative estimate of drug-likeness (QED) is 0.929. The lowest BCUT2D eigenvalue weighted by Crippen LogP contribution is -2.30. The Balaban J connectivity index is 1.60. The van der Waals surface area contributed by atoms with E-state index >= 15 is 0 Å². The highest BCUT2D eigenvalue weighted by molar-refractivity contribution is 7.92. The average Bonchev–Trinajstić information content (AvgIpc) is 3.34. The van der Waals surface area contributed by atoms with E-state index in [9.17, 15) is 13.2 Å². The van der Waals surface area contributed by atoms with Crippen molar-refractivity contribution in [2.45, 2.75) is 24.2 Å². The highest BCUT2D eigenvalue weighted by Crippen LogP contribution is 2.37. The Labute approximate surface area is 141 Å². The van der Waals surface area contributed by atoms with E-state index < -0.39 is 10.0 Å². The summed E-state index contributed by atoms with van der Waals surface area (Å²) in [6.45, 7) is 0.639. The van der Waals surface area contributed by atoms with Crippen LogP contribution < -0.4 is 9.62 Å². The van der Waals surface area contributed by atoms with Gasteiger partial charge in [0, 0.05) is 23.8 Å². The fourth-order valence-corrected chi connectivity index (χ4v) is 4.15. The number of hydrogen-bond donors (Lipinski definition) is 1. The smallest absolute Gasteiger partial charge is 0.261 e. The molecule has 6 heteroatoms. The minimum atomic E-state index is -3.63. The van der Waals surface area contributed by atoms with Gasteiger partial charge >= 0.3 is 0 Å². The predicted molar refractivity (Wildman–Crippen MR) is 92.5 cm³/mol. The molecule has 1 aliphatic heterocycles. The Bertz CT molecular complexity index is 890. The second-order valence-corrected chi connectivity index (χ2v) is 7.96. The second-order valence-electron chi connectivity index (χ2n) is 6.28. The molecule has 1 fully saturated rings. The van der Waals surface area contributed by atoms with Gasteiger partial charge in [-0.25, -0.2) is 8.42 Å². The number of sulfonamides is 1. The van der Waals surface area contributed by atoms with Crippen LogP contribution in [0.3, 0.4) is 0 Å². The van der Waals surface area contributed by atoms with Gasteiger partial charge in [0.1, 0.15) is 0 Å². The Kier molecular flexibility index (Phi) is 3.57. The van der Waals surface area contributed by atoms with Crippen LogP contribution in [-0.4, -0.2) is 20.9 Å². The molecule has 0 bridgehead atoms. The molecule has 1 N–H and O–H groups in total. The molecular weight excluding hydrogens is 324 g/mol. The Morgan fingerprint density at radius 3 is 2.54 bits per heavy atom. The van der Waals surface area contributed by atoms with Gasteiger partial charge in [0.2, 0.25) is 5.91 Å². The normalized spacial score (nSPS) is 16.8. The lowest BCUT2D eigenvalue weighted by molar-refractivity contribution is -0.119. The first kappa shape index (κ1) is 15.2. The number of fused-ring (bicyclic) bond motifs is 1. The van der Waals surface area contributed by atoms with Gasteiger partial charge in [0.25, 0.3) is 10.0 Å². The number of carbonyl (C=O) groups excluding carboxylic acids is 1. The lowest BCUT2D eigenvalue weighted by Gasteiger charge is -2.17. The molecule has 1 saturated carbocycles. The summed E-state index contributed by atoms with van der Waals surface area (Å²) in [5.74, 6) is 0.339. The number of carbonyl (C=O) groups is 1. The van der Waals surface area contributed by atoms with E-state index in [1.165, 1.54) is 0 Å². The third-order valence-electron chi connectivity index (χ3n) is 4.48. The summed E-state index contributed by atoms with van der Waals surface area (Å²) in [6.07, 6.45) is 2.64. The zero-order valence-corrected chi connectivity index (χ0v) is 13.9. The van der Waals surface area contributed by atoms with Crippen LogP contribution in [0.4, 0.5) is 11.4 Å². The molecule has 0 saturated heterocycles. The molecule has 124 valence electrons. The maximum atomic E-state index is 12.5. The van der Waals surface area contributed by atoms with E-state index in [0.717, 1.165) is 24.1 Å². The molecular formula is C18H18N2O3S. The number of amides is 1. The highest BCUT2D eigenvalue weighted by atomic mass is 32.2. The zero-order valence-electron chi connectivity index (χ0n) is 13.1. The van der Waals surface area contributed by atoms with Crippen molar-refractivity contribution >= 4 is 27.3 Å². The van der Waals surface area contributed by atoms with Crippen LogP contribution in [-0.2, 0) is 21.2 Å². The fraction of sp³-hybridized carbons (Fsp3) is 0.278. The highest BCUT2D eigenvalue weighted by Gasteiger charge is 2.36. The number of anilines is 2. The molecule has 5 nitrogen and oxygen atoms in total. The van der Waals surface area contributed by atoms with Crippen molar-refractivity contribution in [3.63, 3.8) is 0 Å². The maximum absolute atomic E-state index is 12.5. The van der Waals surface area contributed by atoms with Crippen LogP contribution in [0.15, 0.2) is 53.4 Å². The molecule has 0 radical (unpaired) electrons. The molecule has 24 heavy (non-hydrogen) atoms. The number of para-hydroxylation sites is 1. The van der Waals surface area contributed by atoms with Crippen LogP contribution in [0, 0.1) is 5.92 Å². The summed E-state index contributed by atoms with van der Waals surface area (Å²) in [6, 6.07) is 13.8. The molecule has 0 unspecified atom stereocenters. The van der Waals surface area contributed by atoms with Gasteiger partial charge in [-0.1, -0.05) is 18.2 Å². The van der Waals surface area contributed by atoms with Crippen molar-refractivity contribution in [2.75, 3.05) is 16.2 Å². The van der Waals surface area contributed by atoms with Crippen molar-refractivity contribution in [3.8, 4) is 0 Å². The van der Waals surface area contributed by atoms with Gasteiger partial charge in [-0.2, -0.15) is 0 Å². The predicted octanol–water partition coefficient (Wildman–Crippen LogP) is 2.79. The SMILES string of the molecule is O=C(C1CC1)N1CCc2cc(S(=O)(=O)Nc3ccccc3)ccc21. The van der Waals surface area contributed by atoms with Crippen molar-refractivity contribution < 1.29 is 13.2 Å². The number of benzene rings is 2. The largest absolute Gasteiger partial charge is 0.312 e. The van der Waals surface area contributed by atoms with Gasteiger partial charge < -0.3 is 4.90 Å². The van der Waals surface area contributed by atoms with E-state index in [1.807, 2.05) is 6.07 Å². The molecule has 4 rings (SSSR count). The van der Waals surface area contributed by atoms with E-state index in [2.05, 4.69) is 4.72 Å². The first-order valence-electron chi connectivity index (χ1n) is 8.07. The number of nitrogens with zero attached hydrogens (tertiary/aromatic N) is 1. The summed E-state index contributed by atoms with van der Waals surface area (Å²) in [5, 5.41) is 0.